The molecule has 0 aliphatic carbocycles. The van der Waals surface area contributed by atoms with Crippen LogP contribution < -0.4 is 5.73 Å². The molecule has 0 amide bonds. The molecule has 0 spiro atoms. The topological polar surface area (TPSA) is 35.2 Å². The lowest BCUT2D eigenvalue weighted by molar-refractivity contribution is -0.0109. The number of nitrogens with two attached hydrogens (primary N) is 1. The molecule has 0 saturated carbocycles. The summed E-state index contributed by atoms with van der Waals surface area (Å²) >= 11 is 3.00. The van der Waals surface area contributed by atoms with Crippen LogP contribution in [-0.2, 0) is 4.74 Å². The zero-order valence-corrected chi connectivity index (χ0v) is 11.6. The predicted molar refractivity (Wildman–Crippen MR) is 66.7 cm³/mol. The zero-order chi connectivity index (χ0) is 13.2. The Morgan fingerprint density at radius 1 is 1.35 bits per heavy atom. The molecule has 1 aromatic rings. The molecule has 0 aromatic heterocycles. The first kappa shape index (κ1) is 14.5. The van der Waals surface area contributed by atoms with Gasteiger partial charge in [0.05, 0.1) is 22.7 Å². The van der Waals surface area contributed by atoms with Crippen molar-refractivity contribution in [2.24, 2.45) is 5.73 Å². The van der Waals surface area contributed by atoms with Gasteiger partial charge in [-0.05, 0) is 48.8 Å². The van der Waals surface area contributed by atoms with Crippen LogP contribution in [0.1, 0.15) is 32.4 Å². The summed E-state index contributed by atoms with van der Waals surface area (Å²) in [5.74, 6) is -1.33. The van der Waals surface area contributed by atoms with Gasteiger partial charge in [0.1, 0.15) is 11.6 Å². The van der Waals surface area contributed by atoms with E-state index in [9.17, 15) is 8.78 Å². The third-order valence-electron chi connectivity index (χ3n) is 2.15. The third-order valence-corrected chi connectivity index (χ3v) is 2.76. The first-order valence-electron chi connectivity index (χ1n) is 5.25. The summed E-state index contributed by atoms with van der Waals surface area (Å²) in [4.78, 5) is 0. The molecule has 0 aliphatic rings. The Kier molecular flexibility index (Phi) is 4.63. The average Bonchev–Trinajstić information content (AvgIpc) is 2.20. The van der Waals surface area contributed by atoms with Crippen LogP contribution in [0.3, 0.4) is 0 Å². The molecule has 0 fully saturated rings. The van der Waals surface area contributed by atoms with E-state index in [0.29, 0.717) is 0 Å². The molecule has 5 heteroatoms. The van der Waals surface area contributed by atoms with E-state index in [1.54, 1.807) is 0 Å². The second-order valence-corrected chi connectivity index (χ2v) is 5.64. The average molecular weight is 308 g/mol. The van der Waals surface area contributed by atoms with Gasteiger partial charge in [0.15, 0.2) is 0 Å². The molecule has 0 saturated heterocycles. The summed E-state index contributed by atoms with van der Waals surface area (Å²) in [6, 6.07) is 1.66. The summed E-state index contributed by atoms with van der Waals surface area (Å²) in [7, 11) is 0. The van der Waals surface area contributed by atoms with E-state index in [1.807, 2.05) is 20.8 Å². The van der Waals surface area contributed by atoms with Gasteiger partial charge in [0.25, 0.3) is 0 Å². The summed E-state index contributed by atoms with van der Waals surface area (Å²) in [6.07, 6.45) is 0. The van der Waals surface area contributed by atoms with Crippen LogP contribution in [0.15, 0.2) is 16.6 Å². The van der Waals surface area contributed by atoms with Gasteiger partial charge < -0.3 is 10.5 Å². The van der Waals surface area contributed by atoms with Gasteiger partial charge in [-0.25, -0.2) is 8.78 Å². The highest BCUT2D eigenvalue weighted by molar-refractivity contribution is 9.10. The summed E-state index contributed by atoms with van der Waals surface area (Å²) < 4.78 is 32.8. The minimum Gasteiger partial charge on any atom is -0.374 e. The van der Waals surface area contributed by atoms with E-state index in [-0.39, 0.29) is 16.6 Å². The fourth-order valence-corrected chi connectivity index (χ4v) is 1.65. The summed E-state index contributed by atoms with van der Waals surface area (Å²) in [5, 5.41) is 0. The molecule has 0 radical (unpaired) electrons. The molecule has 1 atom stereocenters. The van der Waals surface area contributed by atoms with E-state index < -0.39 is 23.3 Å². The SMILES string of the molecule is CC(C)(C)OCC(N)c1c(F)ccc(Br)c1F. The van der Waals surface area contributed by atoms with E-state index in [2.05, 4.69) is 15.9 Å². The van der Waals surface area contributed by atoms with Crippen LogP contribution >= 0.6 is 15.9 Å². The van der Waals surface area contributed by atoms with Gasteiger partial charge >= 0.3 is 0 Å². The first-order chi connectivity index (χ1) is 7.72. The van der Waals surface area contributed by atoms with Crippen molar-refractivity contribution in [1.29, 1.82) is 0 Å². The van der Waals surface area contributed by atoms with Gasteiger partial charge in [0.2, 0.25) is 0 Å². The van der Waals surface area contributed by atoms with Crippen molar-refractivity contribution in [3.63, 3.8) is 0 Å². The van der Waals surface area contributed by atoms with E-state index in [0.717, 1.165) is 0 Å². The molecule has 1 unspecified atom stereocenters. The third kappa shape index (κ3) is 4.01. The van der Waals surface area contributed by atoms with Crippen LogP contribution in [0.2, 0.25) is 0 Å². The number of benzene rings is 1. The van der Waals surface area contributed by atoms with Gasteiger partial charge in [-0.2, -0.15) is 0 Å². The number of halogens is 3. The van der Waals surface area contributed by atoms with Gasteiger partial charge in [-0.1, -0.05) is 0 Å². The molecule has 0 heterocycles. The van der Waals surface area contributed by atoms with Crippen LogP contribution in [0.4, 0.5) is 8.78 Å². The molecule has 1 rings (SSSR count). The Bertz CT molecular complexity index is 404. The van der Waals surface area contributed by atoms with Crippen LogP contribution in [-0.4, -0.2) is 12.2 Å². The lowest BCUT2D eigenvalue weighted by Gasteiger charge is -2.23. The Labute approximate surface area is 108 Å². The Morgan fingerprint density at radius 2 is 1.94 bits per heavy atom. The first-order valence-corrected chi connectivity index (χ1v) is 6.04. The van der Waals surface area contributed by atoms with Crippen molar-refractivity contribution in [2.45, 2.75) is 32.4 Å². The Morgan fingerprint density at radius 3 is 2.47 bits per heavy atom. The molecular formula is C12H16BrF2NO. The van der Waals surface area contributed by atoms with Gasteiger partial charge in [0, 0.05) is 5.56 Å². The largest absolute Gasteiger partial charge is 0.374 e. The maximum absolute atomic E-state index is 13.7. The van der Waals surface area contributed by atoms with E-state index >= 15 is 0 Å². The fraction of sp³-hybridized carbons (Fsp3) is 0.500. The minimum atomic E-state index is -0.827. The molecule has 2 N–H and O–H groups in total. The molecule has 1 aromatic carbocycles. The van der Waals surface area contributed by atoms with Crippen molar-refractivity contribution in [1.82, 2.24) is 0 Å². The molecular weight excluding hydrogens is 292 g/mol. The Hall–Kier alpha value is -0.520. The highest BCUT2D eigenvalue weighted by Gasteiger charge is 2.21. The molecule has 0 aliphatic heterocycles. The predicted octanol–water partition coefficient (Wildman–Crippen LogP) is 3.54. The smallest absolute Gasteiger partial charge is 0.145 e. The molecule has 2 nitrogen and oxygen atoms in total. The lowest BCUT2D eigenvalue weighted by atomic mass is 10.1. The fourth-order valence-electron chi connectivity index (χ4n) is 1.31. The van der Waals surface area contributed by atoms with E-state index in [4.69, 9.17) is 10.5 Å². The van der Waals surface area contributed by atoms with Crippen LogP contribution in [0.5, 0.6) is 0 Å². The number of ether oxygens (including phenoxy) is 1. The zero-order valence-electron chi connectivity index (χ0n) is 10.1. The second kappa shape index (κ2) is 5.42. The highest BCUT2D eigenvalue weighted by Crippen LogP contribution is 2.26. The van der Waals surface area contributed by atoms with Crippen molar-refractivity contribution >= 4 is 15.9 Å². The quantitative estimate of drug-likeness (QED) is 0.867. The minimum absolute atomic E-state index is 0.0633. The lowest BCUT2D eigenvalue weighted by Crippen LogP contribution is -2.27. The number of rotatable bonds is 3. The summed E-state index contributed by atoms with van der Waals surface area (Å²) in [5.41, 5.74) is 5.21. The molecule has 17 heavy (non-hydrogen) atoms. The van der Waals surface area contributed by atoms with Crippen LogP contribution in [0.25, 0.3) is 0 Å². The van der Waals surface area contributed by atoms with Crippen molar-refractivity contribution in [3.8, 4) is 0 Å². The van der Waals surface area contributed by atoms with Gasteiger partial charge in [-0.3, -0.25) is 0 Å². The maximum atomic E-state index is 13.7. The molecule has 96 valence electrons. The Balaban J connectivity index is 2.89. The number of hydrogen-bond acceptors (Lipinski definition) is 2. The monoisotopic (exact) mass is 307 g/mol. The normalized spacial score (nSPS) is 13.8. The van der Waals surface area contributed by atoms with Gasteiger partial charge in [-0.15, -0.1) is 0 Å². The number of hydrogen-bond donors (Lipinski definition) is 1. The standard InChI is InChI=1S/C12H16BrF2NO/c1-12(2,3)17-6-9(16)10-8(14)5-4-7(13)11(10)15/h4-5,9H,6,16H2,1-3H3. The van der Waals surface area contributed by atoms with E-state index in [1.165, 1.54) is 12.1 Å². The second-order valence-electron chi connectivity index (χ2n) is 4.79. The van der Waals surface area contributed by atoms with Crippen molar-refractivity contribution in [3.05, 3.63) is 33.8 Å². The van der Waals surface area contributed by atoms with Crippen molar-refractivity contribution in [2.75, 3.05) is 6.61 Å². The maximum Gasteiger partial charge on any atom is 0.145 e. The van der Waals surface area contributed by atoms with Crippen molar-refractivity contribution < 1.29 is 13.5 Å². The highest BCUT2D eigenvalue weighted by atomic mass is 79.9. The van der Waals surface area contributed by atoms with Crippen LogP contribution in [0, 0.1) is 11.6 Å². The molecule has 0 bridgehead atoms. The summed E-state index contributed by atoms with van der Waals surface area (Å²) in [6.45, 7) is 5.63.